The van der Waals surface area contributed by atoms with E-state index in [9.17, 15) is 4.79 Å². The molecule has 32 heavy (non-hydrogen) atoms. The number of esters is 1. The van der Waals surface area contributed by atoms with Crippen molar-refractivity contribution in [2.45, 2.75) is 71.3 Å². The van der Waals surface area contributed by atoms with Crippen molar-refractivity contribution in [2.75, 3.05) is 0 Å². The zero-order chi connectivity index (χ0) is 22.6. The molecule has 0 heterocycles. The molecule has 2 aliphatic rings. The maximum Gasteiger partial charge on any atom is 0.302 e. The Bertz CT molecular complexity index is 972. The molecule has 168 valence electrons. The van der Waals surface area contributed by atoms with Gasteiger partial charge < -0.3 is 4.74 Å². The summed E-state index contributed by atoms with van der Waals surface area (Å²) in [6.07, 6.45) is 9.03. The highest BCUT2D eigenvalue weighted by Crippen LogP contribution is 2.66. The summed E-state index contributed by atoms with van der Waals surface area (Å²) in [4.78, 5) is 11.8. The van der Waals surface area contributed by atoms with E-state index in [-0.39, 0.29) is 17.5 Å². The molecule has 0 aromatic heterocycles. The highest BCUT2D eigenvalue weighted by Gasteiger charge is 2.56. The first kappa shape index (κ1) is 22.6. The third-order valence-corrected chi connectivity index (χ3v) is 7.47. The summed E-state index contributed by atoms with van der Waals surface area (Å²) < 4.78 is 5.79. The molecule has 1 fully saturated rings. The monoisotopic (exact) mass is 428 g/mol. The number of carbonyl (C=O) groups is 1. The summed E-state index contributed by atoms with van der Waals surface area (Å²) in [5.41, 5.74) is 6.56. The van der Waals surface area contributed by atoms with Crippen LogP contribution in [0.4, 0.5) is 0 Å². The van der Waals surface area contributed by atoms with Crippen molar-refractivity contribution < 1.29 is 9.53 Å². The number of fused-ring (bicyclic) bond motifs is 1. The third-order valence-electron chi connectivity index (χ3n) is 7.47. The van der Waals surface area contributed by atoms with Gasteiger partial charge in [0.2, 0.25) is 0 Å². The van der Waals surface area contributed by atoms with Gasteiger partial charge in [0.05, 0.1) is 0 Å². The van der Waals surface area contributed by atoms with Crippen molar-refractivity contribution >= 4 is 17.1 Å². The fourth-order valence-electron chi connectivity index (χ4n) is 6.21. The number of hydrogen-bond acceptors (Lipinski definition) is 2. The molecule has 0 radical (unpaired) electrons. The van der Waals surface area contributed by atoms with E-state index in [4.69, 9.17) is 11.3 Å². The molecule has 0 spiro atoms. The molecule has 2 heteroatoms. The quantitative estimate of drug-likeness (QED) is 0.300. The van der Waals surface area contributed by atoms with Crippen LogP contribution >= 0.6 is 0 Å². The number of unbranched alkanes of at least 4 members (excludes halogenated alkanes) is 3. The molecule has 2 nitrogen and oxygen atoms in total. The molecule has 0 saturated heterocycles. The summed E-state index contributed by atoms with van der Waals surface area (Å²) in [7, 11) is 0. The fraction of sp³-hybridized carbons (Fsp3) is 0.433. The molecule has 0 amide bonds. The predicted octanol–water partition coefficient (Wildman–Crippen LogP) is 7.86. The number of carbonyl (C=O) groups excluding carboxylic acids is 1. The summed E-state index contributed by atoms with van der Waals surface area (Å²) in [5.74, 6) is 0.247. The van der Waals surface area contributed by atoms with Crippen molar-refractivity contribution in [1.29, 1.82) is 0 Å². The van der Waals surface area contributed by atoms with Crippen molar-refractivity contribution in [1.82, 2.24) is 0 Å². The first-order valence-corrected chi connectivity index (χ1v) is 12.3. The molecular formula is C30H36O2. The molecule has 2 aliphatic carbocycles. The SMILES string of the molecule is C=C(c1ccccc1)[C@@]12C[C@@H](OC(C)=O)C[C@@H]1CC(CCCCCC)=C2c1ccccc1. The average Bonchev–Trinajstić information content (AvgIpc) is 3.29. The molecule has 0 bridgehead atoms. The minimum absolute atomic E-state index is 0.0432. The lowest BCUT2D eigenvalue weighted by molar-refractivity contribution is -0.146. The van der Waals surface area contributed by atoms with Gasteiger partial charge in [-0.1, -0.05) is 99.0 Å². The molecule has 3 atom stereocenters. The first-order valence-electron chi connectivity index (χ1n) is 12.3. The highest BCUT2D eigenvalue weighted by atomic mass is 16.5. The van der Waals surface area contributed by atoms with Gasteiger partial charge in [-0.2, -0.15) is 0 Å². The van der Waals surface area contributed by atoms with Gasteiger partial charge in [0.1, 0.15) is 6.10 Å². The lowest BCUT2D eigenvalue weighted by Gasteiger charge is -2.36. The van der Waals surface area contributed by atoms with E-state index >= 15 is 0 Å². The zero-order valence-corrected chi connectivity index (χ0v) is 19.6. The van der Waals surface area contributed by atoms with Crippen LogP contribution in [-0.4, -0.2) is 12.1 Å². The summed E-state index contributed by atoms with van der Waals surface area (Å²) in [6, 6.07) is 21.5. The normalized spacial score (nSPS) is 24.4. The van der Waals surface area contributed by atoms with Gasteiger partial charge >= 0.3 is 5.97 Å². The van der Waals surface area contributed by atoms with Crippen LogP contribution < -0.4 is 0 Å². The molecule has 0 N–H and O–H groups in total. The van der Waals surface area contributed by atoms with E-state index in [1.54, 1.807) is 5.57 Å². The van der Waals surface area contributed by atoms with Crippen LogP contribution in [0.1, 0.15) is 76.3 Å². The Morgan fingerprint density at radius 1 is 1.03 bits per heavy atom. The van der Waals surface area contributed by atoms with Crippen molar-refractivity contribution in [2.24, 2.45) is 11.3 Å². The van der Waals surface area contributed by atoms with E-state index in [0.717, 1.165) is 25.7 Å². The maximum absolute atomic E-state index is 11.8. The Labute approximate surface area is 193 Å². The van der Waals surface area contributed by atoms with E-state index < -0.39 is 0 Å². The maximum atomic E-state index is 11.8. The van der Waals surface area contributed by atoms with Crippen molar-refractivity contribution in [3.05, 3.63) is 83.9 Å². The Balaban J connectivity index is 1.80. The van der Waals surface area contributed by atoms with Gasteiger partial charge in [0.25, 0.3) is 0 Å². The van der Waals surface area contributed by atoms with Gasteiger partial charge in [-0.25, -0.2) is 0 Å². The van der Waals surface area contributed by atoms with Crippen molar-refractivity contribution in [3.8, 4) is 0 Å². The van der Waals surface area contributed by atoms with Gasteiger partial charge in [0, 0.05) is 12.3 Å². The number of benzene rings is 2. The van der Waals surface area contributed by atoms with Crippen LogP contribution in [-0.2, 0) is 9.53 Å². The summed E-state index contributed by atoms with van der Waals surface area (Å²) >= 11 is 0. The van der Waals surface area contributed by atoms with Crippen LogP contribution in [0.25, 0.3) is 11.1 Å². The Morgan fingerprint density at radius 3 is 2.38 bits per heavy atom. The second-order valence-electron chi connectivity index (χ2n) is 9.54. The molecule has 0 aliphatic heterocycles. The molecule has 2 aromatic rings. The van der Waals surface area contributed by atoms with Gasteiger partial charge in [-0.15, -0.1) is 0 Å². The smallest absolute Gasteiger partial charge is 0.302 e. The Kier molecular flexibility index (Phi) is 6.98. The summed E-state index contributed by atoms with van der Waals surface area (Å²) in [5, 5.41) is 0. The van der Waals surface area contributed by atoms with Crippen LogP contribution in [0.2, 0.25) is 0 Å². The molecular weight excluding hydrogens is 392 g/mol. The van der Waals surface area contributed by atoms with Crippen LogP contribution in [0, 0.1) is 11.3 Å². The second kappa shape index (κ2) is 9.90. The minimum Gasteiger partial charge on any atom is -0.463 e. The number of ether oxygens (including phenoxy) is 1. The van der Waals surface area contributed by atoms with Gasteiger partial charge in [-0.05, 0) is 60.3 Å². The largest absolute Gasteiger partial charge is 0.463 e. The topological polar surface area (TPSA) is 26.3 Å². The average molecular weight is 429 g/mol. The number of allylic oxidation sites excluding steroid dienone is 3. The Morgan fingerprint density at radius 2 is 1.72 bits per heavy atom. The molecule has 1 saturated carbocycles. The van der Waals surface area contributed by atoms with Gasteiger partial charge in [0.15, 0.2) is 0 Å². The molecule has 0 unspecified atom stereocenters. The van der Waals surface area contributed by atoms with Gasteiger partial charge in [-0.3, -0.25) is 4.79 Å². The summed E-state index contributed by atoms with van der Waals surface area (Å²) in [6.45, 7) is 8.49. The highest BCUT2D eigenvalue weighted by molar-refractivity contribution is 5.90. The second-order valence-corrected chi connectivity index (χ2v) is 9.54. The van der Waals surface area contributed by atoms with E-state index in [2.05, 4.69) is 67.6 Å². The van der Waals surface area contributed by atoms with Crippen LogP contribution in [0.15, 0.2) is 72.8 Å². The third kappa shape index (κ3) is 4.33. The van der Waals surface area contributed by atoms with E-state index in [1.807, 2.05) is 0 Å². The van der Waals surface area contributed by atoms with Crippen LogP contribution in [0.5, 0.6) is 0 Å². The van der Waals surface area contributed by atoms with E-state index in [1.165, 1.54) is 54.9 Å². The first-order chi connectivity index (χ1) is 15.6. The van der Waals surface area contributed by atoms with Crippen LogP contribution in [0.3, 0.4) is 0 Å². The fourth-order valence-corrected chi connectivity index (χ4v) is 6.21. The standard InChI is InChI=1S/C30H36O2/c1-4-5-6-9-18-26-19-27-20-28(32-23(3)31)21-30(27,22(2)24-14-10-7-11-15-24)29(26)25-16-12-8-13-17-25/h7-8,10-17,27-28H,2,4-6,9,18-21H2,1,3H3/t27-,28-,30-/m0/s1. The predicted molar refractivity (Wildman–Crippen MR) is 133 cm³/mol. The number of rotatable bonds is 9. The molecule has 2 aromatic carbocycles. The minimum atomic E-state index is -0.180. The van der Waals surface area contributed by atoms with E-state index in [0.29, 0.717) is 5.92 Å². The molecule has 4 rings (SSSR count). The van der Waals surface area contributed by atoms with Crippen molar-refractivity contribution in [3.63, 3.8) is 0 Å². The lowest BCUT2D eigenvalue weighted by atomic mass is 9.66. The lowest BCUT2D eigenvalue weighted by Crippen LogP contribution is -2.26. The zero-order valence-electron chi connectivity index (χ0n) is 19.6. The Hall–Kier alpha value is -2.61. The number of hydrogen-bond donors (Lipinski definition) is 0.